The zero-order valence-corrected chi connectivity index (χ0v) is 20.0. The van der Waals surface area contributed by atoms with Gasteiger partial charge in [-0.15, -0.1) is 0 Å². The van der Waals surface area contributed by atoms with Crippen LogP contribution < -0.4 is 44.2 Å². The first-order valence-corrected chi connectivity index (χ1v) is 10.8. The molecule has 17 nitrogen and oxygen atoms in total. The number of nitrogens with zero attached hydrogens (tertiary/aromatic N) is 1. The minimum atomic E-state index is -1.52. The topological polar surface area (TPSA) is 307 Å². The summed E-state index contributed by atoms with van der Waals surface area (Å²) in [5.41, 5.74) is 21.1. The zero-order chi connectivity index (χ0) is 28.0. The van der Waals surface area contributed by atoms with Gasteiger partial charge in [-0.2, -0.15) is 0 Å². The van der Waals surface area contributed by atoms with Crippen molar-refractivity contribution in [3.05, 3.63) is 0 Å². The first-order chi connectivity index (χ1) is 16.7. The summed E-state index contributed by atoms with van der Waals surface area (Å²) in [6.07, 6.45) is -0.458. The first kappa shape index (κ1) is 32.0. The van der Waals surface area contributed by atoms with Crippen LogP contribution in [0.3, 0.4) is 0 Å². The summed E-state index contributed by atoms with van der Waals surface area (Å²) in [7, 11) is 0. The average molecular weight is 518 g/mol. The number of aliphatic carboxylic acids is 1. The fraction of sp³-hybridized carbons (Fsp3) is 0.632. The van der Waals surface area contributed by atoms with E-state index in [0.717, 1.165) is 0 Å². The van der Waals surface area contributed by atoms with Crippen LogP contribution in [-0.2, 0) is 28.8 Å². The van der Waals surface area contributed by atoms with Crippen LogP contribution in [0.1, 0.15) is 33.1 Å². The number of primary amides is 1. The number of hydrogen-bond donors (Lipinski definition) is 10. The lowest BCUT2D eigenvalue weighted by molar-refractivity contribution is -0.141. The van der Waals surface area contributed by atoms with Gasteiger partial charge in [-0.3, -0.25) is 33.8 Å². The van der Waals surface area contributed by atoms with Gasteiger partial charge in [0, 0.05) is 6.54 Å². The first-order valence-electron chi connectivity index (χ1n) is 10.8. The van der Waals surface area contributed by atoms with Crippen molar-refractivity contribution in [3.63, 3.8) is 0 Å². The summed E-state index contributed by atoms with van der Waals surface area (Å²) in [6, 6.07) is -6.56. The minimum Gasteiger partial charge on any atom is -0.480 e. The van der Waals surface area contributed by atoms with Crippen molar-refractivity contribution in [3.8, 4) is 0 Å². The number of carboxylic acid groups (broad SMARTS) is 1. The van der Waals surface area contributed by atoms with E-state index < -0.39 is 78.7 Å². The second-order valence-corrected chi connectivity index (χ2v) is 7.83. The number of carbonyl (C=O) groups is 6. The monoisotopic (exact) mass is 517 g/mol. The van der Waals surface area contributed by atoms with Gasteiger partial charge in [0.05, 0.1) is 13.0 Å². The number of hydrogen-bond acceptors (Lipinski definition) is 9. The van der Waals surface area contributed by atoms with E-state index in [2.05, 4.69) is 26.3 Å². The lowest BCUT2D eigenvalue weighted by Gasteiger charge is -2.24. The molecule has 0 saturated carbocycles. The van der Waals surface area contributed by atoms with Gasteiger partial charge in [0.25, 0.3) is 0 Å². The summed E-state index contributed by atoms with van der Waals surface area (Å²) in [5, 5.41) is 27.0. The van der Waals surface area contributed by atoms with Crippen LogP contribution in [-0.4, -0.2) is 95.0 Å². The molecule has 14 N–H and O–H groups in total. The van der Waals surface area contributed by atoms with Crippen molar-refractivity contribution in [1.29, 1.82) is 0 Å². The lowest BCUT2D eigenvalue weighted by atomic mass is 10.1. The normalized spacial score (nSPS) is 14.7. The van der Waals surface area contributed by atoms with Gasteiger partial charge in [-0.05, 0) is 26.7 Å². The fourth-order valence-corrected chi connectivity index (χ4v) is 2.60. The number of amides is 5. The molecule has 0 aliphatic carbocycles. The van der Waals surface area contributed by atoms with Crippen molar-refractivity contribution in [2.45, 2.75) is 63.3 Å². The van der Waals surface area contributed by atoms with Crippen molar-refractivity contribution in [2.24, 2.45) is 27.9 Å². The van der Waals surface area contributed by atoms with Crippen LogP contribution in [0.25, 0.3) is 0 Å². The highest BCUT2D eigenvalue weighted by molar-refractivity contribution is 5.96. The Morgan fingerprint density at radius 2 is 1.33 bits per heavy atom. The van der Waals surface area contributed by atoms with Gasteiger partial charge in [-0.1, -0.05) is 0 Å². The quantitative estimate of drug-likeness (QED) is 0.0522. The standard InChI is InChI=1S/C19H35N9O8/c1-8(14(31)26-9(2)18(35)36)25-16(33)11(4-3-5-24-19(22)23)27-17(34)12(6-13(21)30)28-15(32)10(20)7-29/h8-12,29H,3-7,20H2,1-2H3,(H2,21,30)(H,25,33)(H,26,31)(H,27,34)(H,28,32)(H,35,36)(H4,22,23,24)/t8-,9-,10-,11-,12-/m0/s1. The number of guanidine groups is 1. The molecule has 0 unspecified atom stereocenters. The number of rotatable bonds is 16. The molecule has 0 fully saturated rings. The molecule has 5 amide bonds. The molecule has 0 saturated heterocycles. The van der Waals surface area contributed by atoms with Crippen LogP contribution in [0.2, 0.25) is 0 Å². The van der Waals surface area contributed by atoms with Gasteiger partial charge in [0.1, 0.15) is 30.2 Å². The highest BCUT2D eigenvalue weighted by Gasteiger charge is 2.30. The van der Waals surface area contributed by atoms with Crippen LogP contribution in [0.15, 0.2) is 4.99 Å². The molecule has 0 spiro atoms. The average Bonchev–Trinajstić information content (AvgIpc) is 2.78. The second kappa shape index (κ2) is 15.8. The zero-order valence-electron chi connectivity index (χ0n) is 20.0. The maximum Gasteiger partial charge on any atom is 0.325 e. The van der Waals surface area contributed by atoms with Crippen LogP contribution in [0.5, 0.6) is 0 Å². The summed E-state index contributed by atoms with van der Waals surface area (Å²) >= 11 is 0. The van der Waals surface area contributed by atoms with Crippen LogP contribution in [0, 0.1) is 0 Å². The summed E-state index contributed by atoms with van der Waals surface area (Å²) in [4.78, 5) is 75.8. The highest BCUT2D eigenvalue weighted by atomic mass is 16.4. The molecule has 0 rings (SSSR count). The number of carbonyl (C=O) groups excluding carboxylic acids is 5. The maximum atomic E-state index is 12.8. The molecule has 0 aromatic carbocycles. The Balaban J connectivity index is 5.55. The Kier molecular flexibility index (Phi) is 14.1. The van der Waals surface area contributed by atoms with E-state index in [-0.39, 0.29) is 25.3 Å². The largest absolute Gasteiger partial charge is 0.480 e. The van der Waals surface area contributed by atoms with Crippen molar-refractivity contribution >= 4 is 41.5 Å². The van der Waals surface area contributed by atoms with E-state index in [1.807, 2.05) is 0 Å². The van der Waals surface area contributed by atoms with Crippen molar-refractivity contribution in [2.75, 3.05) is 13.2 Å². The van der Waals surface area contributed by atoms with Gasteiger partial charge in [-0.25, -0.2) is 0 Å². The molecule has 0 aliphatic heterocycles. The van der Waals surface area contributed by atoms with Crippen molar-refractivity contribution < 1.29 is 39.0 Å². The second-order valence-electron chi connectivity index (χ2n) is 7.83. The third-order valence-electron chi connectivity index (χ3n) is 4.63. The molecule has 0 aliphatic rings. The number of aliphatic hydroxyl groups is 1. The number of carboxylic acids is 1. The molecule has 36 heavy (non-hydrogen) atoms. The third kappa shape index (κ3) is 12.5. The molecule has 5 atom stereocenters. The number of aliphatic imine (C=N–C) groups is 1. The van der Waals surface area contributed by atoms with E-state index >= 15 is 0 Å². The Hall–Kier alpha value is -3.99. The molecule has 0 aromatic rings. The molecule has 0 bridgehead atoms. The molecular weight excluding hydrogens is 482 g/mol. The van der Waals surface area contributed by atoms with E-state index in [0.29, 0.717) is 0 Å². The Labute approximate surface area is 206 Å². The molecule has 0 heterocycles. The summed E-state index contributed by atoms with van der Waals surface area (Å²) in [5.74, 6) is -5.94. The third-order valence-corrected chi connectivity index (χ3v) is 4.63. The van der Waals surface area contributed by atoms with Gasteiger partial charge in [0.15, 0.2) is 5.96 Å². The Morgan fingerprint density at radius 3 is 1.83 bits per heavy atom. The molecule has 0 aromatic heterocycles. The maximum absolute atomic E-state index is 12.8. The lowest BCUT2D eigenvalue weighted by Crippen LogP contribution is -2.58. The summed E-state index contributed by atoms with van der Waals surface area (Å²) < 4.78 is 0. The van der Waals surface area contributed by atoms with Crippen LogP contribution >= 0.6 is 0 Å². The summed E-state index contributed by atoms with van der Waals surface area (Å²) in [6.45, 7) is 1.90. The van der Waals surface area contributed by atoms with Gasteiger partial charge < -0.3 is 54.4 Å². The number of nitrogens with one attached hydrogen (secondary N) is 4. The molecular formula is C19H35N9O8. The number of nitrogens with two attached hydrogens (primary N) is 4. The van der Waals surface area contributed by atoms with E-state index in [4.69, 9.17) is 33.1 Å². The van der Waals surface area contributed by atoms with Crippen LogP contribution in [0.4, 0.5) is 0 Å². The minimum absolute atomic E-state index is 0.0262. The van der Waals surface area contributed by atoms with Crippen molar-refractivity contribution in [1.82, 2.24) is 21.3 Å². The van der Waals surface area contributed by atoms with E-state index in [1.165, 1.54) is 13.8 Å². The van der Waals surface area contributed by atoms with Gasteiger partial charge in [0.2, 0.25) is 29.5 Å². The highest BCUT2D eigenvalue weighted by Crippen LogP contribution is 2.03. The molecule has 0 radical (unpaired) electrons. The SMILES string of the molecule is C[C@H](NC(=O)[C@H](C)NC(=O)[C@H](CCCN=C(N)N)NC(=O)[C@H](CC(N)=O)NC(=O)[C@@H](N)CO)C(=O)O. The Morgan fingerprint density at radius 1 is 0.806 bits per heavy atom. The smallest absolute Gasteiger partial charge is 0.325 e. The fourth-order valence-electron chi connectivity index (χ4n) is 2.60. The molecule has 204 valence electrons. The predicted octanol–water partition coefficient (Wildman–Crippen LogP) is -5.70. The van der Waals surface area contributed by atoms with E-state index in [1.54, 1.807) is 0 Å². The van der Waals surface area contributed by atoms with Gasteiger partial charge >= 0.3 is 5.97 Å². The predicted molar refractivity (Wildman–Crippen MR) is 125 cm³/mol. The Bertz CT molecular complexity index is 847. The molecule has 17 heteroatoms. The van der Waals surface area contributed by atoms with E-state index in [9.17, 15) is 28.8 Å². The number of aliphatic hydroxyl groups excluding tert-OH is 1.